The maximum absolute atomic E-state index is 17.4. The van der Waals surface area contributed by atoms with Gasteiger partial charge < -0.3 is 0 Å². The van der Waals surface area contributed by atoms with Gasteiger partial charge >= 0.3 is 263 Å². The van der Waals surface area contributed by atoms with Crippen LogP contribution in [0.4, 0.5) is 4.20 Å². The van der Waals surface area contributed by atoms with E-state index >= 15 is 4.20 Å². The molecular formula is C24H44FN12O5P3. The Morgan fingerprint density at radius 2 is 0.867 bits per heavy atom. The van der Waals surface area contributed by atoms with Crippen LogP contribution in [0.5, 0.6) is 0 Å². The van der Waals surface area contributed by atoms with E-state index in [1.165, 1.54) is 28.0 Å². The van der Waals surface area contributed by atoms with E-state index in [0.29, 0.717) is 22.1 Å². The SMILES string of the molecule is CN(C)P(On1nnc2ccccc21)(OP(=O)(F)OP(On1nnc2ccccc21)(N(C)C)(N(C)C)N(C)C)(N(C)C)N(C)C. The van der Waals surface area contributed by atoms with Gasteiger partial charge in [0.05, 0.1) is 0 Å². The summed E-state index contributed by atoms with van der Waals surface area (Å²) in [6.07, 6.45) is 0. The first kappa shape index (κ1) is 35.4. The van der Waals surface area contributed by atoms with Gasteiger partial charge in [-0.25, -0.2) is 0 Å². The van der Waals surface area contributed by atoms with Gasteiger partial charge in [-0.15, -0.1) is 0 Å². The second kappa shape index (κ2) is 12.0. The van der Waals surface area contributed by atoms with E-state index in [1.807, 2.05) is 0 Å². The molecule has 0 N–H and O–H groups in total. The molecule has 0 spiro atoms. The van der Waals surface area contributed by atoms with Crippen LogP contribution < -0.4 is 9.25 Å². The molecule has 0 aliphatic carbocycles. The van der Waals surface area contributed by atoms with E-state index < -0.39 is 22.9 Å². The molecule has 0 fully saturated rings. The number of hydrogen-bond donors (Lipinski definition) is 0. The number of fused-ring (bicyclic) bond motifs is 2. The molecule has 0 bridgehead atoms. The topological polar surface area (TPSA) is 135 Å². The van der Waals surface area contributed by atoms with Gasteiger partial charge in [-0.1, -0.05) is 0 Å². The summed E-state index contributed by atoms with van der Waals surface area (Å²) in [5.74, 6) is 0. The van der Waals surface area contributed by atoms with Crippen LogP contribution in [0.25, 0.3) is 22.1 Å². The zero-order valence-electron chi connectivity index (χ0n) is 27.7. The van der Waals surface area contributed by atoms with E-state index in [-0.39, 0.29) is 0 Å². The van der Waals surface area contributed by atoms with Crippen LogP contribution >= 0.6 is 22.9 Å². The zero-order valence-corrected chi connectivity index (χ0v) is 30.4. The molecule has 0 saturated carbocycles. The van der Waals surface area contributed by atoms with Gasteiger partial charge in [0.2, 0.25) is 0 Å². The summed E-state index contributed by atoms with van der Waals surface area (Å²) in [7, 11) is 3.84. The second-order valence-electron chi connectivity index (χ2n) is 11.4. The Labute approximate surface area is 263 Å². The van der Waals surface area contributed by atoms with Crippen LogP contribution in [0.1, 0.15) is 0 Å². The molecule has 45 heavy (non-hydrogen) atoms. The minimum absolute atomic E-state index is 0.478. The average molecular weight is 693 g/mol. The van der Waals surface area contributed by atoms with E-state index in [4.69, 9.17) is 17.9 Å². The molecule has 2 heterocycles. The summed E-state index contributed by atoms with van der Waals surface area (Å²) < 4.78 is 66.8. The fourth-order valence-electron chi connectivity index (χ4n) is 5.50. The molecule has 0 radical (unpaired) electrons. The van der Waals surface area contributed by atoms with Crippen LogP contribution in [-0.2, 0) is 13.2 Å². The van der Waals surface area contributed by atoms with Crippen molar-refractivity contribution in [2.45, 2.75) is 0 Å². The summed E-state index contributed by atoms with van der Waals surface area (Å²) in [4.78, 5) is 2.27. The second-order valence-corrected chi connectivity index (χ2v) is 22.0. The Bertz CT molecular complexity index is 1550. The van der Waals surface area contributed by atoms with Crippen molar-refractivity contribution in [3.8, 4) is 0 Å². The summed E-state index contributed by atoms with van der Waals surface area (Å²) in [6, 6.07) is 14.1. The van der Waals surface area contributed by atoms with Gasteiger partial charge in [-0.05, 0) is 0 Å². The van der Waals surface area contributed by atoms with Gasteiger partial charge in [0.15, 0.2) is 0 Å². The number of rotatable bonds is 14. The van der Waals surface area contributed by atoms with Gasteiger partial charge in [0, 0.05) is 0 Å². The van der Waals surface area contributed by atoms with Crippen LogP contribution in [0, 0.1) is 0 Å². The van der Waals surface area contributed by atoms with Gasteiger partial charge in [-0.3, -0.25) is 0 Å². The molecule has 0 saturated heterocycles. The third-order valence-corrected chi connectivity index (χ3v) is 20.6. The predicted octanol–water partition coefficient (Wildman–Crippen LogP) is 3.47. The monoisotopic (exact) mass is 692 g/mol. The van der Waals surface area contributed by atoms with Crippen LogP contribution in [0.2, 0.25) is 0 Å². The van der Waals surface area contributed by atoms with Crippen molar-refractivity contribution in [3.05, 3.63) is 48.5 Å². The van der Waals surface area contributed by atoms with Gasteiger partial charge in [0.25, 0.3) is 0 Å². The molecule has 2 aromatic heterocycles. The summed E-state index contributed by atoms with van der Waals surface area (Å²) in [5, 5.41) is 16.7. The average Bonchev–Trinajstić information content (AvgIpc) is 3.55. The first-order valence-electron chi connectivity index (χ1n) is 13.7. The minimum atomic E-state index is -5.75. The molecular weight excluding hydrogens is 648 g/mol. The van der Waals surface area contributed by atoms with E-state index in [2.05, 4.69) is 20.6 Å². The standard InChI is InChI=1S/C24H44FN12O5P3/c1-30(2)44(31(3)4,32(5)6,39-36-23-19-15-13-17-21(23)26-28-36)41-43(25,38)42-45(33(7)8,34(9)10,35(11)12)40-37-24-20-16-14-18-22(24)27-29-37/h13-20H,1-12H3. The molecule has 4 rings (SSSR count). The van der Waals surface area contributed by atoms with Crippen molar-refractivity contribution < 1.29 is 26.6 Å². The molecule has 21 heteroatoms. The van der Waals surface area contributed by atoms with Crippen LogP contribution in [0.3, 0.4) is 0 Å². The fraction of sp³-hybridized carbons (Fsp3) is 0.500. The zero-order chi connectivity index (χ0) is 33.6. The summed E-state index contributed by atoms with van der Waals surface area (Å²) >= 11 is 0. The number of benzene rings is 2. The molecule has 0 unspecified atom stereocenters. The van der Waals surface area contributed by atoms with E-state index in [9.17, 15) is 4.57 Å². The molecule has 0 atom stereocenters. The van der Waals surface area contributed by atoms with Crippen LogP contribution in [0.15, 0.2) is 48.5 Å². The number of nitrogens with zero attached hydrogens (tertiary/aromatic N) is 12. The Balaban J connectivity index is 1.95. The molecule has 17 nitrogen and oxygen atoms in total. The first-order valence-corrected chi connectivity index (χ1v) is 19.0. The number of aromatic nitrogens is 6. The van der Waals surface area contributed by atoms with Crippen molar-refractivity contribution in [3.63, 3.8) is 0 Å². The molecule has 2 aromatic carbocycles. The molecule has 0 amide bonds. The number of hydrogen-bond acceptors (Lipinski definition) is 15. The molecule has 4 aromatic rings. The van der Waals surface area contributed by atoms with E-state index in [1.54, 1.807) is 133 Å². The van der Waals surface area contributed by atoms with Crippen molar-refractivity contribution in [1.82, 2.24) is 58.3 Å². The fourth-order valence-corrected chi connectivity index (χ4v) is 18.3. The van der Waals surface area contributed by atoms with E-state index in [0.717, 1.165) is 9.69 Å². The van der Waals surface area contributed by atoms with Gasteiger partial charge in [0.1, 0.15) is 0 Å². The van der Waals surface area contributed by atoms with Crippen molar-refractivity contribution >= 4 is 45.0 Å². The Morgan fingerprint density at radius 1 is 0.578 bits per heavy atom. The molecule has 0 aliphatic rings. The summed E-state index contributed by atoms with van der Waals surface area (Å²) in [5.41, 5.74) is 2.00. The Hall–Kier alpha value is -2.46. The third kappa shape index (κ3) is 5.22. The summed E-state index contributed by atoms with van der Waals surface area (Å²) in [6.45, 7) is 0. The quantitative estimate of drug-likeness (QED) is 0.178. The van der Waals surface area contributed by atoms with Crippen molar-refractivity contribution in [2.75, 3.05) is 84.6 Å². The van der Waals surface area contributed by atoms with Crippen molar-refractivity contribution in [2.24, 2.45) is 0 Å². The van der Waals surface area contributed by atoms with Crippen molar-refractivity contribution in [1.29, 1.82) is 0 Å². The maximum atomic E-state index is 17.4. The normalized spacial score (nSPS) is 16.5. The molecule has 0 aliphatic heterocycles. The Morgan fingerprint density at radius 3 is 1.16 bits per heavy atom. The number of para-hydroxylation sites is 2. The van der Waals surface area contributed by atoms with Gasteiger partial charge in [-0.2, -0.15) is 0 Å². The molecule has 252 valence electrons. The Kier molecular flexibility index (Phi) is 9.41. The number of halogens is 1. The first-order chi connectivity index (χ1) is 20.9. The third-order valence-electron chi connectivity index (χ3n) is 7.67. The van der Waals surface area contributed by atoms with Crippen LogP contribution in [-0.4, -0.2) is 143 Å². The predicted molar refractivity (Wildman–Crippen MR) is 175 cm³/mol.